The number of alkyl halides is 1. The molecule has 0 N–H and O–H groups in total. The summed E-state index contributed by atoms with van der Waals surface area (Å²) in [6.07, 6.45) is 2.57. The summed E-state index contributed by atoms with van der Waals surface area (Å²) in [4.78, 5) is 0. The monoisotopic (exact) mass is 264 g/mol. The van der Waals surface area contributed by atoms with Crippen molar-refractivity contribution in [1.82, 2.24) is 9.78 Å². The molecule has 0 amide bonds. The van der Waals surface area contributed by atoms with Gasteiger partial charge in [-0.05, 0) is 13.3 Å². The van der Waals surface area contributed by atoms with Gasteiger partial charge in [0, 0.05) is 18.4 Å². The Labute approximate surface area is 107 Å². The molecule has 1 aromatic rings. The van der Waals surface area contributed by atoms with Crippen LogP contribution in [0.1, 0.15) is 31.9 Å². The Morgan fingerprint density at radius 2 is 2.19 bits per heavy atom. The smallest absolute Gasteiger partial charge is 0.0820 e. The van der Waals surface area contributed by atoms with Crippen LogP contribution in [0.3, 0.4) is 0 Å². The average molecular weight is 265 g/mol. The third-order valence-corrected chi connectivity index (χ3v) is 2.95. The van der Waals surface area contributed by atoms with E-state index in [1.165, 1.54) is 0 Å². The highest BCUT2D eigenvalue weighted by molar-refractivity contribution is 6.31. The van der Waals surface area contributed by atoms with Gasteiger partial charge < -0.3 is 4.74 Å². The molecule has 92 valence electrons. The first kappa shape index (κ1) is 13.8. The SMILES string of the molecule is COCCn1ncc(Cl)c1C(C)CC(C)Cl. The number of rotatable bonds is 6. The van der Waals surface area contributed by atoms with Gasteiger partial charge in [-0.1, -0.05) is 18.5 Å². The molecule has 2 atom stereocenters. The third kappa shape index (κ3) is 3.65. The van der Waals surface area contributed by atoms with E-state index in [1.807, 2.05) is 11.6 Å². The molecule has 0 aromatic carbocycles. The van der Waals surface area contributed by atoms with Gasteiger partial charge in [0.05, 0.1) is 30.1 Å². The van der Waals surface area contributed by atoms with Gasteiger partial charge in [0.15, 0.2) is 0 Å². The lowest BCUT2D eigenvalue weighted by Crippen LogP contribution is -2.13. The van der Waals surface area contributed by atoms with Crippen LogP contribution in [0, 0.1) is 0 Å². The molecule has 1 rings (SSSR count). The molecular weight excluding hydrogens is 247 g/mol. The molecule has 0 aliphatic heterocycles. The van der Waals surface area contributed by atoms with Crippen LogP contribution in [0.5, 0.6) is 0 Å². The largest absolute Gasteiger partial charge is 0.383 e. The van der Waals surface area contributed by atoms with Crippen molar-refractivity contribution in [3.05, 3.63) is 16.9 Å². The van der Waals surface area contributed by atoms with Crippen molar-refractivity contribution >= 4 is 23.2 Å². The predicted molar refractivity (Wildman–Crippen MR) is 67.5 cm³/mol. The Morgan fingerprint density at radius 3 is 2.75 bits per heavy atom. The van der Waals surface area contributed by atoms with E-state index < -0.39 is 0 Å². The van der Waals surface area contributed by atoms with Gasteiger partial charge in [-0.25, -0.2) is 0 Å². The highest BCUT2D eigenvalue weighted by atomic mass is 35.5. The number of ether oxygens (including phenoxy) is 1. The molecule has 0 bridgehead atoms. The van der Waals surface area contributed by atoms with Crippen LogP contribution < -0.4 is 0 Å². The average Bonchev–Trinajstić information content (AvgIpc) is 2.55. The molecule has 0 aliphatic rings. The highest BCUT2D eigenvalue weighted by Crippen LogP contribution is 2.28. The van der Waals surface area contributed by atoms with Gasteiger partial charge in [-0.2, -0.15) is 5.10 Å². The minimum absolute atomic E-state index is 0.136. The van der Waals surface area contributed by atoms with Crippen molar-refractivity contribution in [1.29, 1.82) is 0 Å². The second-order valence-electron chi connectivity index (χ2n) is 4.01. The minimum Gasteiger partial charge on any atom is -0.383 e. The fraction of sp³-hybridized carbons (Fsp3) is 0.727. The first-order valence-electron chi connectivity index (χ1n) is 5.40. The minimum atomic E-state index is 0.136. The van der Waals surface area contributed by atoms with Gasteiger partial charge >= 0.3 is 0 Å². The van der Waals surface area contributed by atoms with Crippen LogP contribution in [0.4, 0.5) is 0 Å². The molecule has 0 radical (unpaired) electrons. The fourth-order valence-corrected chi connectivity index (χ4v) is 2.41. The summed E-state index contributed by atoms with van der Waals surface area (Å²) in [5.74, 6) is 0.305. The molecule has 0 saturated carbocycles. The molecule has 16 heavy (non-hydrogen) atoms. The number of hydrogen-bond donors (Lipinski definition) is 0. The second kappa shape index (κ2) is 6.48. The van der Waals surface area contributed by atoms with Gasteiger partial charge in [-0.15, -0.1) is 11.6 Å². The van der Waals surface area contributed by atoms with E-state index in [-0.39, 0.29) is 5.38 Å². The Kier molecular flexibility index (Phi) is 5.59. The Bertz CT molecular complexity index is 326. The van der Waals surface area contributed by atoms with Crippen molar-refractivity contribution < 1.29 is 4.74 Å². The molecule has 5 heteroatoms. The van der Waals surface area contributed by atoms with Crippen LogP contribution in [-0.2, 0) is 11.3 Å². The van der Waals surface area contributed by atoms with Crippen molar-refractivity contribution in [3.8, 4) is 0 Å². The summed E-state index contributed by atoms with van der Waals surface area (Å²) in [6.45, 7) is 5.46. The Balaban J connectivity index is 2.79. The van der Waals surface area contributed by atoms with Crippen molar-refractivity contribution in [2.75, 3.05) is 13.7 Å². The number of aromatic nitrogens is 2. The molecule has 1 heterocycles. The Morgan fingerprint density at radius 1 is 1.50 bits per heavy atom. The van der Waals surface area contributed by atoms with Crippen molar-refractivity contribution in [3.63, 3.8) is 0 Å². The van der Waals surface area contributed by atoms with Crippen molar-refractivity contribution in [2.45, 2.75) is 38.1 Å². The molecule has 0 spiro atoms. The number of methoxy groups -OCH3 is 1. The highest BCUT2D eigenvalue weighted by Gasteiger charge is 2.17. The zero-order valence-corrected chi connectivity index (χ0v) is 11.4. The van der Waals surface area contributed by atoms with Gasteiger partial charge in [0.2, 0.25) is 0 Å². The topological polar surface area (TPSA) is 27.1 Å². The number of hydrogen-bond acceptors (Lipinski definition) is 2. The molecule has 2 unspecified atom stereocenters. The first-order valence-corrected chi connectivity index (χ1v) is 6.22. The maximum atomic E-state index is 6.13. The van der Waals surface area contributed by atoms with Gasteiger partial charge in [-0.3, -0.25) is 4.68 Å². The standard InChI is InChI=1S/C11H18Cl2N2O/c1-8(6-9(2)12)11-10(13)7-14-15(11)4-5-16-3/h7-9H,4-6H2,1-3H3. The van der Waals surface area contributed by atoms with Gasteiger partial charge in [0.1, 0.15) is 0 Å². The molecule has 3 nitrogen and oxygen atoms in total. The lowest BCUT2D eigenvalue weighted by molar-refractivity contribution is 0.182. The molecule has 0 saturated heterocycles. The zero-order chi connectivity index (χ0) is 12.1. The molecule has 0 aliphatic carbocycles. The normalized spacial score (nSPS) is 15.1. The van der Waals surface area contributed by atoms with Crippen LogP contribution in [0.2, 0.25) is 5.02 Å². The summed E-state index contributed by atoms with van der Waals surface area (Å²) >= 11 is 12.1. The van der Waals surface area contributed by atoms with Crippen LogP contribution in [0.25, 0.3) is 0 Å². The van der Waals surface area contributed by atoms with E-state index in [4.69, 9.17) is 27.9 Å². The fourth-order valence-electron chi connectivity index (χ4n) is 1.82. The molecule has 0 fully saturated rings. The van der Waals surface area contributed by atoms with E-state index >= 15 is 0 Å². The second-order valence-corrected chi connectivity index (χ2v) is 5.16. The van der Waals surface area contributed by atoms with E-state index in [1.54, 1.807) is 13.3 Å². The van der Waals surface area contributed by atoms with E-state index in [0.29, 0.717) is 17.5 Å². The lowest BCUT2D eigenvalue weighted by atomic mass is 10.0. The van der Waals surface area contributed by atoms with E-state index in [2.05, 4.69) is 12.0 Å². The summed E-state index contributed by atoms with van der Waals surface area (Å²) < 4.78 is 6.94. The summed E-state index contributed by atoms with van der Waals surface area (Å²) in [5.41, 5.74) is 1.05. The van der Waals surface area contributed by atoms with Gasteiger partial charge in [0.25, 0.3) is 0 Å². The first-order chi connectivity index (χ1) is 7.56. The molecular formula is C11H18Cl2N2O. The zero-order valence-electron chi connectivity index (χ0n) is 9.91. The van der Waals surface area contributed by atoms with Crippen LogP contribution in [0.15, 0.2) is 6.20 Å². The molecule has 1 aromatic heterocycles. The quantitative estimate of drug-likeness (QED) is 0.738. The Hall–Kier alpha value is -0.250. The number of halogens is 2. The summed E-state index contributed by atoms with van der Waals surface area (Å²) in [6, 6.07) is 0. The maximum absolute atomic E-state index is 6.13. The maximum Gasteiger partial charge on any atom is 0.0820 e. The predicted octanol–water partition coefficient (Wildman–Crippen LogP) is 3.30. The van der Waals surface area contributed by atoms with Crippen LogP contribution >= 0.6 is 23.2 Å². The lowest BCUT2D eigenvalue weighted by Gasteiger charge is -2.15. The number of nitrogens with zero attached hydrogens (tertiary/aromatic N) is 2. The van der Waals surface area contributed by atoms with Crippen molar-refractivity contribution in [2.24, 2.45) is 0 Å². The van der Waals surface area contributed by atoms with E-state index in [9.17, 15) is 0 Å². The summed E-state index contributed by atoms with van der Waals surface area (Å²) in [7, 11) is 1.68. The van der Waals surface area contributed by atoms with E-state index in [0.717, 1.165) is 18.7 Å². The third-order valence-electron chi connectivity index (χ3n) is 2.49. The van der Waals surface area contributed by atoms with Crippen LogP contribution in [-0.4, -0.2) is 28.9 Å². The summed E-state index contributed by atoms with van der Waals surface area (Å²) in [5, 5.41) is 5.09.